The molecule has 0 atom stereocenters. The zero-order chi connectivity index (χ0) is 18.4. The lowest BCUT2D eigenvalue weighted by atomic mass is 10.3. The lowest BCUT2D eigenvalue weighted by Crippen LogP contribution is -2.22. The van der Waals surface area contributed by atoms with Crippen LogP contribution in [0.5, 0.6) is 5.75 Å². The SMILES string of the molecule is COc1ccc(-n2ccnc(SCC(=O)Nc3ccccc3)c2=O)cc1. The fourth-order valence-electron chi connectivity index (χ4n) is 2.29. The minimum absolute atomic E-state index is 0.101. The van der Waals surface area contributed by atoms with Crippen molar-refractivity contribution in [2.45, 2.75) is 5.03 Å². The van der Waals surface area contributed by atoms with Crippen LogP contribution < -0.4 is 15.6 Å². The van der Waals surface area contributed by atoms with Crippen LogP contribution in [0.2, 0.25) is 0 Å². The summed E-state index contributed by atoms with van der Waals surface area (Å²) >= 11 is 1.11. The molecule has 0 aliphatic carbocycles. The third-order valence-corrected chi connectivity index (χ3v) is 4.52. The minimum atomic E-state index is -0.268. The van der Waals surface area contributed by atoms with Crippen molar-refractivity contribution < 1.29 is 9.53 Å². The largest absolute Gasteiger partial charge is 0.497 e. The molecule has 0 radical (unpaired) electrons. The van der Waals surface area contributed by atoms with Crippen molar-refractivity contribution >= 4 is 23.4 Å². The molecule has 0 unspecified atom stereocenters. The highest BCUT2D eigenvalue weighted by Crippen LogP contribution is 2.16. The first kappa shape index (κ1) is 17.8. The number of ether oxygens (including phenoxy) is 1. The Morgan fingerprint density at radius 1 is 1.15 bits per heavy atom. The van der Waals surface area contributed by atoms with Crippen LogP contribution in [0.3, 0.4) is 0 Å². The molecule has 0 aliphatic heterocycles. The predicted octanol–water partition coefficient (Wildman–Crippen LogP) is 2.97. The Bertz CT molecular complexity index is 940. The number of hydrogen-bond acceptors (Lipinski definition) is 5. The zero-order valence-electron chi connectivity index (χ0n) is 14.1. The second-order valence-corrected chi connectivity index (χ2v) is 6.27. The summed E-state index contributed by atoms with van der Waals surface area (Å²) < 4.78 is 6.61. The van der Waals surface area contributed by atoms with Gasteiger partial charge in [0.05, 0.1) is 12.9 Å². The van der Waals surface area contributed by atoms with Crippen LogP contribution in [0.15, 0.2) is 76.8 Å². The van der Waals surface area contributed by atoms with Gasteiger partial charge in [-0.3, -0.25) is 14.2 Å². The van der Waals surface area contributed by atoms with Gasteiger partial charge in [0.2, 0.25) is 5.91 Å². The Labute approximate surface area is 154 Å². The lowest BCUT2D eigenvalue weighted by Gasteiger charge is -2.08. The van der Waals surface area contributed by atoms with Crippen LogP contribution in [-0.2, 0) is 4.79 Å². The number of methoxy groups -OCH3 is 1. The van der Waals surface area contributed by atoms with E-state index in [1.807, 2.05) is 18.2 Å². The number of hydrogen-bond donors (Lipinski definition) is 1. The summed E-state index contributed by atoms with van der Waals surface area (Å²) in [5.74, 6) is 0.620. The first-order valence-electron chi connectivity index (χ1n) is 7.87. The van der Waals surface area contributed by atoms with Gasteiger partial charge >= 0.3 is 0 Å². The monoisotopic (exact) mass is 367 g/mol. The van der Waals surface area contributed by atoms with E-state index >= 15 is 0 Å². The van der Waals surface area contributed by atoms with Gasteiger partial charge in [-0.1, -0.05) is 30.0 Å². The number of rotatable bonds is 6. The maximum atomic E-state index is 12.6. The summed E-state index contributed by atoms with van der Waals surface area (Å²) in [6.07, 6.45) is 3.14. The lowest BCUT2D eigenvalue weighted by molar-refractivity contribution is -0.113. The van der Waals surface area contributed by atoms with Gasteiger partial charge in [-0.25, -0.2) is 4.98 Å². The molecular formula is C19H17N3O3S. The number of carbonyl (C=O) groups is 1. The molecule has 0 bridgehead atoms. The van der Waals surface area contributed by atoms with Crippen molar-refractivity contribution in [1.82, 2.24) is 9.55 Å². The smallest absolute Gasteiger partial charge is 0.287 e. The standard InChI is InChI=1S/C19H17N3O3S/c1-25-16-9-7-15(8-10-16)22-12-11-20-18(19(22)24)26-13-17(23)21-14-5-3-2-4-6-14/h2-12H,13H2,1H3,(H,21,23). The van der Waals surface area contributed by atoms with Gasteiger partial charge in [0.15, 0.2) is 5.03 Å². The maximum Gasteiger partial charge on any atom is 0.287 e. The first-order chi connectivity index (χ1) is 12.7. The molecule has 1 heterocycles. The highest BCUT2D eigenvalue weighted by atomic mass is 32.2. The number of para-hydroxylation sites is 1. The second-order valence-electron chi connectivity index (χ2n) is 5.31. The van der Waals surface area contributed by atoms with E-state index in [0.29, 0.717) is 11.4 Å². The third kappa shape index (κ3) is 4.31. The topological polar surface area (TPSA) is 73.2 Å². The number of aromatic nitrogens is 2. The highest BCUT2D eigenvalue weighted by Gasteiger charge is 2.10. The van der Waals surface area contributed by atoms with Gasteiger partial charge in [0.1, 0.15) is 5.75 Å². The average molecular weight is 367 g/mol. The molecule has 0 saturated carbocycles. The number of nitrogens with one attached hydrogen (secondary N) is 1. The Kier molecular flexibility index (Phi) is 5.70. The summed E-state index contributed by atoms with van der Waals surface area (Å²) in [5, 5.41) is 3.05. The third-order valence-electron chi connectivity index (χ3n) is 3.56. The van der Waals surface area contributed by atoms with Crippen LogP contribution >= 0.6 is 11.8 Å². The van der Waals surface area contributed by atoms with Crippen LogP contribution in [0.1, 0.15) is 0 Å². The predicted molar refractivity (Wildman–Crippen MR) is 102 cm³/mol. The molecule has 132 valence electrons. The fourth-order valence-corrected chi connectivity index (χ4v) is 2.99. The number of carbonyl (C=O) groups excluding carboxylic acids is 1. The van der Waals surface area contributed by atoms with Crippen LogP contribution in [0.4, 0.5) is 5.69 Å². The van der Waals surface area contributed by atoms with Gasteiger partial charge in [0, 0.05) is 23.8 Å². The highest BCUT2D eigenvalue weighted by molar-refractivity contribution is 7.99. The molecule has 0 aliphatic rings. The molecule has 2 aromatic carbocycles. The molecule has 7 heteroatoms. The van der Waals surface area contributed by atoms with Gasteiger partial charge in [-0.2, -0.15) is 0 Å². The molecule has 3 rings (SSSR count). The quantitative estimate of drug-likeness (QED) is 0.678. The minimum Gasteiger partial charge on any atom is -0.497 e. The second kappa shape index (κ2) is 8.35. The Morgan fingerprint density at radius 2 is 1.88 bits per heavy atom. The van der Waals surface area contributed by atoms with E-state index in [2.05, 4.69) is 10.3 Å². The van der Waals surface area contributed by atoms with Crippen LogP contribution in [0, 0.1) is 0 Å². The Hall–Kier alpha value is -3.06. The molecule has 1 N–H and O–H groups in total. The first-order valence-corrected chi connectivity index (χ1v) is 8.86. The van der Waals surface area contributed by atoms with Crippen molar-refractivity contribution in [1.29, 1.82) is 0 Å². The van der Waals surface area contributed by atoms with Crippen LogP contribution in [-0.4, -0.2) is 28.3 Å². The van der Waals surface area contributed by atoms with Crippen molar-refractivity contribution in [3.8, 4) is 11.4 Å². The number of benzene rings is 2. The molecule has 3 aromatic rings. The van der Waals surface area contributed by atoms with Gasteiger partial charge in [-0.15, -0.1) is 0 Å². The summed E-state index contributed by atoms with van der Waals surface area (Å²) in [7, 11) is 1.59. The van der Waals surface area contributed by atoms with Crippen molar-refractivity contribution in [2.75, 3.05) is 18.2 Å². The zero-order valence-corrected chi connectivity index (χ0v) is 14.9. The molecule has 1 aromatic heterocycles. The van der Waals surface area contributed by atoms with E-state index < -0.39 is 0 Å². The Morgan fingerprint density at radius 3 is 2.58 bits per heavy atom. The van der Waals surface area contributed by atoms with E-state index in [9.17, 15) is 9.59 Å². The normalized spacial score (nSPS) is 10.3. The van der Waals surface area contributed by atoms with Crippen LogP contribution in [0.25, 0.3) is 5.69 Å². The molecule has 0 saturated heterocycles. The van der Waals surface area contributed by atoms with Crippen molar-refractivity contribution in [2.24, 2.45) is 0 Å². The summed E-state index contributed by atoms with van der Waals surface area (Å²) in [4.78, 5) is 28.8. The summed E-state index contributed by atoms with van der Waals surface area (Å²) in [6, 6.07) is 16.3. The van der Waals surface area contributed by atoms with E-state index in [1.54, 1.807) is 55.9 Å². The molecule has 0 fully saturated rings. The van der Waals surface area contributed by atoms with Gasteiger partial charge in [0.25, 0.3) is 5.56 Å². The summed E-state index contributed by atoms with van der Waals surface area (Å²) in [6.45, 7) is 0. The molecule has 0 spiro atoms. The number of nitrogens with zero attached hydrogens (tertiary/aromatic N) is 2. The molecule has 26 heavy (non-hydrogen) atoms. The molecular weight excluding hydrogens is 350 g/mol. The van der Waals surface area contributed by atoms with Crippen molar-refractivity contribution in [3.05, 3.63) is 77.3 Å². The maximum absolute atomic E-state index is 12.6. The van der Waals surface area contributed by atoms with E-state index in [-0.39, 0.29) is 22.2 Å². The Balaban J connectivity index is 1.71. The van der Waals surface area contributed by atoms with E-state index in [0.717, 1.165) is 17.4 Å². The number of thioether (sulfide) groups is 1. The average Bonchev–Trinajstić information content (AvgIpc) is 2.68. The number of anilines is 1. The summed E-state index contributed by atoms with van der Waals surface area (Å²) in [5.41, 5.74) is 1.15. The number of amides is 1. The van der Waals surface area contributed by atoms with Gasteiger partial charge < -0.3 is 10.1 Å². The van der Waals surface area contributed by atoms with E-state index in [1.165, 1.54) is 4.57 Å². The van der Waals surface area contributed by atoms with Crippen molar-refractivity contribution in [3.63, 3.8) is 0 Å². The van der Waals surface area contributed by atoms with Gasteiger partial charge in [-0.05, 0) is 36.4 Å². The molecule has 6 nitrogen and oxygen atoms in total. The molecule has 1 amide bonds. The van der Waals surface area contributed by atoms with E-state index in [4.69, 9.17) is 4.74 Å². The fraction of sp³-hybridized carbons (Fsp3) is 0.105.